The number of nitrogens with zero attached hydrogens (tertiary/aromatic N) is 1. The zero-order chi connectivity index (χ0) is 16.4. The molecule has 4 nitrogen and oxygen atoms in total. The maximum Gasteiger partial charge on any atom is 0.254 e. The first-order chi connectivity index (χ1) is 11.8. The second-order valence-corrected chi connectivity index (χ2v) is 7.89. The summed E-state index contributed by atoms with van der Waals surface area (Å²) >= 11 is 0. The van der Waals surface area contributed by atoms with Gasteiger partial charge in [-0.2, -0.15) is 0 Å². The minimum absolute atomic E-state index is 0.172. The molecule has 0 radical (unpaired) electrons. The molecule has 1 aliphatic carbocycles. The molecule has 1 atom stereocenters. The van der Waals surface area contributed by atoms with Crippen molar-refractivity contribution in [1.29, 1.82) is 0 Å². The summed E-state index contributed by atoms with van der Waals surface area (Å²) in [7, 11) is 0. The molecular formula is C20H28N2O2. The number of nitrogens with one attached hydrogen (secondary N) is 1. The number of amides is 1. The molecule has 4 heteroatoms. The third kappa shape index (κ3) is 3.50. The number of hydrogen-bond donors (Lipinski definition) is 1. The first-order valence-electron chi connectivity index (χ1n) is 9.40. The third-order valence-electron chi connectivity index (χ3n) is 5.92. The van der Waals surface area contributed by atoms with Crippen LogP contribution in [0, 0.1) is 11.3 Å². The number of carbonyl (C=O) groups excluding carboxylic acids is 1. The normalized spacial score (nSPS) is 26.0. The van der Waals surface area contributed by atoms with Crippen LogP contribution in [-0.2, 0) is 4.74 Å². The molecule has 24 heavy (non-hydrogen) atoms. The first-order valence-corrected chi connectivity index (χ1v) is 9.40. The topological polar surface area (TPSA) is 41.6 Å². The largest absolute Gasteiger partial charge is 0.379 e. The molecule has 1 spiro atoms. The van der Waals surface area contributed by atoms with Crippen LogP contribution in [0.3, 0.4) is 0 Å². The van der Waals surface area contributed by atoms with Crippen LogP contribution in [0.15, 0.2) is 30.3 Å². The van der Waals surface area contributed by atoms with Gasteiger partial charge >= 0.3 is 0 Å². The number of rotatable bonds is 5. The highest BCUT2D eigenvalue weighted by atomic mass is 16.5. The van der Waals surface area contributed by atoms with Crippen molar-refractivity contribution in [2.24, 2.45) is 11.3 Å². The Kier molecular flexibility index (Phi) is 4.59. The standard InChI is InChI=1S/C20H28N2O2/c23-19(17-4-2-1-3-5-17)22-15-20(8-10-21-11-9-20)12-18(22)14-24-13-16-6-7-16/h1-5,16,18,21H,6-15H2. The summed E-state index contributed by atoms with van der Waals surface area (Å²) in [4.78, 5) is 15.2. The van der Waals surface area contributed by atoms with Gasteiger partial charge in [-0.25, -0.2) is 0 Å². The molecule has 1 aromatic carbocycles. The van der Waals surface area contributed by atoms with E-state index in [1.165, 1.54) is 25.7 Å². The second-order valence-electron chi connectivity index (χ2n) is 7.89. The van der Waals surface area contributed by atoms with E-state index in [0.29, 0.717) is 12.0 Å². The first kappa shape index (κ1) is 16.1. The van der Waals surface area contributed by atoms with Crippen molar-refractivity contribution in [2.75, 3.05) is 32.8 Å². The van der Waals surface area contributed by atoms with E-state index in [4.69, 9.17) is 4.74 Å². The average molecular weight is 328 g/mol. The van der Waals surface area contributed by atoms with E-state index in [9.17, 15) is 4.79 Å². The van der Waals surface area contributed by atoms with E-state index in [-0.39, 0.29) is 11.9 Å². The van der Waals surface area contributed by atoms with Gasteiger partial charge in [0.25, 0.3) is 5.91 Å². The Labute approximate surface area is 144 Å². The number of likely N-dealkylation sites (tertiary alicyclic amines) is 1. The molecular weight excluding hydrogens is 300 g/mol. The van der Waals surface area contributed by atoms with Gasteiger partial charge in [0, 0.05) is 18.7 Å². The summed E-state index contributed by atoms with van der Waals surface area (Å²) < 4.78 is 5.98. The Morgan fingerprint density at radius 1 is 1.17 bits per heavy atom. The summed E-state index contributed by atoms with van der Waals surface area (Å²) in [5.41, 5.74) is 1.10. The van der Waals surface area contributed by atoms with Crippen LogP contribution in [0.2, 0.25) is 0 Å². The van der Waals surface area contributed by atoms with Crippen molar-refractivity contribution in [3.8, 4) is 0 Å². The highest BCUT2D eigenvalue weighted by molar-refractivity contribution is 5.94. The van der Waals surface area contributed by atoms with Crippen molar-refractivity contribution >= 4 is 5.91 Å². The smallest absolute Gasteiger partial charge is 0.254 e. The molecule has 1 unspecified atom stereocenters. The average Bonchev–Trinajstić information content (AvgIpc) is 3.38. The van der Waals surface area contributed by atoms with Crippen molar-refractivity contribution in [1.82, 2.24) is 10.2 Å². The zero-order valence-electron chi connectivity index (χ0n) is 14.4. The molecule has 130 valence electrons. The molecule has 1 saturated carbocycles. The summed E-state index contributed by atoms with van der Waals surface area (Å²) in [6.07, 6.45) is 6.06. The fraction of sp³-hybridized carbons (Fsp3) is 0.650. The van der Waals surface area contributed by atoms with Crippen molar-refractivity contribution in [3.05, 3.63) is 35.9 Å². The predicted molar refractivity (Wildman–Crippen MR) is 94.0 cm³/mol. The lowest BCUT2D eigenvalue weighted by Gasteiger charge is -2.33. The molecule has 0 bridgehead atoms. The fourth-order valence-electron chi connectivity index (χ4n) is 4.27. The van der Waals surface area contributed by atoms with Gasteiger partial charge in [0.1, 0.15) is 0 Å². The highest BCUT2D eigenvalue weighted by Crippen LogP contribution is 2.42. The molecule has 3 fully saturated rings. The molecule has 2 aliphatic heterocycles. The monoisotopic (exact) mass is 328 g/mol. The number of ether oxygens (including phenoxy) is 1. The van der Waals surface area contributed by atoms with Crippen LogP contribution in [0.1, 0.15) is 42.5 Å². The van der Waals surface area contributed by atoms with Gasteiger partial charge in [0.15, 0.2) is 0 Å². The van der Waals surface area contributed by atoms with Gasteiger partial charge in [0.05, 0.1) is 12.6 Å². The van der Waals surface area contributed by atoms with Crippen molar-refractivity contribution < 1.29 is 9.53 Å². The van der Waals surface area contributed by atoms with E-state index >= 15 is 0 Å². The van der Waals surface area contributed by atoms with Crippen LogP contribution >= 0.6 is 0 Å². The molecule has 1 N–H and O–H groups in total. The Hall–Kier alpha value is -1.39. The third-order valence-corrected chi connectivity index (χ3v) is 5.92. The Bertz CT molecular complexity index is 564. The minimum Gasteiger partial charge on any atom is -0.379 e. The molecule has 1 amide bonds. The summed E-state index contributed by atoms with van der Waals surface area (Å²) in [5, 5.41) is 3.46. The maximum absolute atomic E-state index is 13.0. The van der Waals surface area contributed by atoms with Gasteiger partial charge in [-0.05, 0) is 68.7 Å². The zero-order valence-corrected chi connectivity index (χ0v) is 14.4. The van der Waals surface area contributed by atoms with Gasteiger partial charge in [0.2, 0.25) is 0 Å². The number of benzene rings is 1. The quantitative estimate of drug-likeness (QED) is 0.903. The molecule has 1 aromatic rings. The second kappa shape index (κ2) is 6.85. The van der Waals surface area contributed by atoms with Crippen LogP contribution in [0.25, 0.3) is 0 Å². The maximum atomic E-state index is 13.0. The number of hydrogen-bond acceptors (Lipinski definition) is 3. The van der Waals surface area contributed by atoms with Gasteiger partial charge in [-0.15, -0.1) is 0 Å². The summed E-state index contributed by atoms with van der Waals surface area (Å²) in [5.74, 6) is 0.948. The van der Waals surface area contributed by atoms with E-state index in [0.717, 1.165) is 44.1 Å². The van der Waals surface area contributed by atoms with Crippen molar-refractivity contribution in [2.45, 2.75) is 38.1 Å². The molecule has 3 aliphatic rings. The summed E-state index contributed by atoms with van der Waals surface area (Å²) in [6, 6.07) is 9.94. The lowest BCUT2D eigenvalue weighted by Crippen LogP contribution is -2.41. The Balaban J connectivity index is 1.47. The molecule has 2 heterocycles. The molecule has 4 rings (SSSR count). The lowest BCUT2D eigenvalue weighted by atomic mass is 9.77. The van der Waals surface area contributed by atoms with Crippen molar-refractivity contribution in [3.63, 3.8) is 0 Å². The van der Waals surface area contributed by atoms with Gasteiger partial charge in [-0.1, -0.05) is 18.2 Å². The van der Waals surface area contributed by atoms with Gasteiger partial charge in [-0.3, -0.25) is 4.79 Å². The van der Waals surface area contributed by atoms with E-state index in [1.807, 2.05) is 30.3 Å². The minimum atomic E-state index is 0.172. The molecule has 0 aromatic heterocycles. The number of piperidine rings is 1. The van der Waals surface area contributed by atoms with Crippen LogP contribution in [0.5, 0.6) is 0 Å². The Morgan fingerprint density at radius 2 is 1.92 bits per heavy atom. The van der Waals surface area contributed by atoms with E-state index in [2.05, 4.69) is 10.2 Å². The van der Waals surface area contributed by atoms with Crippen LogP contribution in [-0.4, -0.2) is 49.7 Å². The van der Waals surface area contributed by atoms with E-state index in [1.54, 1.807) is 0 Å². The SMILES string of the molecule is O=C(c1ccccc1)N1CC2(CCNCC2)CC1COCC1CC1. The predicted octanol–water partition coefficient (Wildman–Crippen LogP) is 2.70. The van der Waals surface area contributed by atoms with Crippen LogP contribution in [0.4, 0.5) is 0 Å². The Morgan fingerprint density at radius 3 is 2.62 bits per heavy atom. The van der Waals surface area contributed by atoms with Crippen LogP contribution < -0.4 is 5.32 Å². The molecule has 2 saturated heterocycles. The number of carbonyl (C=O) groups is 1. The van der Waals surface area contributed by atoms with E-state index < -0.39 is 0 Å². The lowest BCUT2D eigenvalue weighted by molar-refractivity contribution is 0.0514. The van der Waals surface area contributed by atoms with Gasteiger partial charge < -0.3 is 15.0 Å². The fourth-order valence-corrected chi connectivity index (χ4v) is 4.27. The summed E-state index contributed by atoms with van der Waals surface area (Å²) in [6.45, 7) is 4.61. The highest BCUT2D eigenvalue weighted by Gasteiger charge is 2.46.